The number of carbonyl (C=O) groups excluding carboxylic acids is 1. The van der Waals surface area contributed by atoms with E-state index in [-0.39, 0.29) is 23.5 Å². The van der Waals surface area contributed by atoms with E-state index >= 15 is 0 Å². The number of amides is 1. The molecule has 1 N–H and O–H groups in total. The fraction of sp³-hybridized carbons (Fsp3) is 0.435. The highest BCUT2D eigenvalue weighted by atomic mass is 32.2. The van der Waals surface area contributed by atoms with Crippen LogP contribution in [0.1, 0.15) is 34.3 Å². The topological polar surface area (TPSA) is 94.2 Å². The van der Waals surface area contributed by atoms with Crippen LogP contribution in [0, 0.1) is 0 Å². The maximum atomic E-state index is 13.2. The van der Waals surface area contributed by atoms with Crippen LogP contribution in [0.15, 0.2) is 41.3 Å². The average molecular weight is 461 g/mol. The van der Waals surface area contributed by atoms with Gasteiger partial charge in [-0.25, -0.2) is 13.1 Å². The summed E-state index contributed by atoms with van der Waals surface area (Å²) in [7, 11) is -0.556. The summed E-state index contributed by atoms with van der Waals surface area (Å²) in [5.74, 6) is 1.08. The molecule has 0 aliphatic carbocycles. The van der Waals surface area contributed by atoms with Crippen LogP contribution in [0.3, 0.4) is 0 Å². The van der Waals surface area contributed by atoms with Crippen LogP contribution in [-0.4, -0.2) is 59.2 Å². The number of hydrogen-bond donors (Lipinski definition) is 1. The molecule has 4 rings (SSSR count). The van der Waals surface area contributed by atoms with Gasteiger partial charge in [-0.15, -0.1) is 0 Å². The van der Waals surface area contributed by atoms with Gasteiger partial charge in [0, 0.05) is 31.8 Å². The smallest absolute Gasteiger partial charge is 0.254 e. The third-order valence-electron chi connectivity index (χ3n) is 5.92. The fourth-order valence-electron chi connectivity index (χ4n) is 4.13. The van der Waals surface area contributed by atoms with Gasteiger partial charge in [0.2, 0.25) is 10.0 Å². The zero-order valence-electron chi connectivity index (χ0n) is 18.3. The summed E-state index contributed by atoms with van der Waals surface area (Å²) in [6, 6.07) is 10.0. The van der Waals surface area contributed by atoms with E-state index in [1.54, 1.807) is 31.3 Å². The number of methoxy groups -OCH3 is 2. The quantitative estimate of drug-likeness (QED) is 0.682. The third-order valence-corrected chi connectivity index (χ3v) is 7.34. The number of rotatable bonds is 7. The highest BCUT2D eigenvalue weighted by molar-refractivity contribution is 7.89. The number of carbonyl (C=O) groups is 1. The van der Waals surface area contributed by atoms with E-state index in [0.29, 0.717) is 43.2 Å². The number of ether oxygens (including phenoxy) is 3. The van der Waals surface area contributed by atoms with Gasteiger partial charge in [0.1, 0.15) is 0 Å². The normalized spacial score (nSPS) is 18.3. The molecule has 172 valence electrons. The van der Waals surface area contributed by atoms with Crippen LogP contribution in [-0.2, 0) is 27.7 Å². The summed E-state index contributed by atoms with van der Waals surface area (Å²) in [6.45, 7) is 1.85. The van der Waals surface area contributed by atoms with Gasteiger partial charge in [0.25, 0.3) is 5.91 Å². The molecule has 0 spiro atoms. The molecule has 1 fully saturated rings. The van der Waals surface area contributed by atoms with Crippen molar-refractivity contribution in [1.29, 1.82) is 0 Å². The Morgan fingerprint density at radius 1 is 1.16 bits per heavy atom. The largest absolute Gasteiger partial charge is 0.493 e. The summed E-state index contributed by atoms with van der Waals surface area (Å²) >= 11 is 0. The molecule has 2 aliphatic rings. The lowest BCUT2D eigenvalue weighted by atomic mass is 9.98. The Morgan fingerprint density at radius 3 is 2.59 bits per heavy atom. The van der Waals surface area contributed by atoms with Gasteiger partial charge in [0.15, 0.2) is 11.5 Å². The molecule has 32 heavy (non-hydrogen) atoms. The SMILES string of the molecule is COc1cc2c(cc1OC)CN(C(=O)c1cccc(S(=O)(=O)NCC3CCCO3)c1)CC2. The molecule has 1 atom stereocenters. The fourth-order valence-corrected chi connectivity index (χ4v) is 5.24. The lowest BCUT2D eigenvalue weighted by molar-refractivity contribution is 0.0734. The minimum atomic E-state index is -3.73. The molecule has 2 aliphatic heterocycles. The van der Waals surface area contributed by atoms with E-state index in [1.807, 2.05) is 12.1 Å². The first kappa shape index (κ1) is 22.6. The number of nitrogens with one attached hydrogen (secondary N) is 1. The first-order chi connectivity index (χ1) is 15.4. The molecule has 1 saturated heterocycles. The van der Waals surface area contributed by atoms with Gasteiger partial charge < -0.3 is 19.1 Å². The van der Waals surface area contributed by atoms with Crippen molar-refractivity contribution < 1.29 is 27.4 Å². The van der Waals surface area contributed by atoms with Gasteiger partial charge in [-0.3, -0.25) is 4.79 Å². The van der Waals surface area contributed by atoms with Crippen molar-refractivity contribution in [3.05, 3.63) is 53.1 Å². The van der Waals surface area contributed by atoms with Crippen LogP contribution < -0.4 is 14.2 Å². The number of nitrogens with zero attached hydrogens (tertiary/aromatic N) is 1. The number of benzene rings is 2. The molecule has 1 amide bonds. The Balaban J connectivity index is 1.49. The Labute approximate surface area is 188 Å². The van der Waals surface area contributed by atoms with Crippen LogP contribution in [0.2, 0.25) is 0 Å². The zero-order valence-corrected chi connectivity index (χ0v) is 19.1. The highest BCUT2D eigenvalue weighted by Gasteiger charge is 2.25. The molecule has 1 unspecified atom stereocenters. The standard InChI is InChI=1S/C23H28N2O6S/c1-29-21-12-16-8-9-25(15-18(16)13-22(21)30-2)23(26)17-5-3-7-20(11-17)32(27,28)24-14-19-6-4-10-31-19/h3,5,7,11-13,19,24H,4,6,8-10,14-15H2,1-2H3. The molecular formula is C23H28N2O6S. The molecular weight excluding hydrogens is 432 g/mol. The Hall–Kier alpha value is -2.62. The van der Waals surface area contributed by atoms with Crippen molar-refractivity contribution >= 4 is 15.9 Å². The molecule has 0 saturated carbocycles. The second kappa shape index (κ2) is 9.48. The maximum absolute atomic E-state index is 13.2. The van der Waals surface area contributed by atoms with Crippen molar-refractivity contribution in [2.24, 2.45) is 0 Å². The van der Waals surface area contributed by atoms with Gasteiger partial charge in [0.05, 0.1) is 25.2 Å². The number of sulfonamides is 1. The van der Waals surface area contributed by atoms with Crippen molar-refractivity contribution in [3.63, 3.8) is 0 Å². The zero-order chi connectivity index (χ0) is 22.7. The van der Waals surface area contributed by atoms with Gasteiger partial charge in [-0.05, 0) is 60.7 Å². The highest BCUT2D eigenvalue weighted by Crippen LogP contribution is 2.33. The van der Waals surface area contributed by atoms with E-state index in [2.05, 4.69) is 4.72 Å². The van der Waals surface area contributed by atoms with Gasteiger partial charge >= 0.3 is 0 Å². The van der Waals surface area contributed by atoms with E-state index in [4.69, 9.17) is 14.2 Å². The first-order valence-electron chi connectivity index (χ1n) is 10.7. The number of hydrogen-bond acceptors (Lipinski definition) is 6. The second-order valence-corrected chi connectivity index (χ2v) is 9.73. The average Bonchev–Trinajstić information content (AvgIpc) is 3.35. The lowest BCUT2D eigenvalue weighted by Gasteiger charge is -2.30. The molecule has 8 nitrogen and oxygen atoms in total. The van der Waals surface area contributed by atoms with Gasteiger partial charge in [-0.2, -0.15) is 0 Å². The molecule has 9 heteroatoms. The van der Waals surface area contributed by atoms with Gasteiger partial charge in [-0.1, -0.05) is 6.07 Å². The second-order valence-electron chi connectivity index (χ2n) is 7.97. The summed E-state index contributed by atoms with van der Waals surface area (Å²) in [4.78, 5) is 15.0. The maximum Gasteiger partial charge on any atom is 0.254 e. The molecule has 2 aromatic rings. The van der Waals surface area contributed by atoms with Crippen molar-refractivity contribution in [2.45, 2.75) is 36.8 Å². The van der Waals surface area contributed by atoms with Crippen LogP contribution in [0.4, 0.5) is 0 Å². The summed E-state index contributed by atoms with van der Waals surface area (Å²) in [5.41, 5.74) is 2.44. The number of fused-ring (bicyclic) bond motifs is 1. The van der Waals surface area contributed by atoms with Crippen molar-refractivity contribution in [2.75, 3.05) is 33.9 Å². The monoisotopic (exact) mass is 460 g/mol. The molecule has 0 bridgehead atoms. The van der Waals surface area contributed by atoms with Crippen molar-refractivity contribution in [1.82, 2.24) is 9.62 Å². The molecule has 2 heterocycles. The predicted octanol–water partition coefficient (Wildman–Crippen LogP) is 2.36. The van der Waals surface area contributed by atoms with E-state index < -0.39 is 10.0 Å². The summed E-state index contributed by atoms with van der Waals surface area (Å²) in [5, 5.41) is 0. The Kier molecular flexibility index (Phi) is 6.68. The molecule has 0 aromatic heterocycles. The first-order valence-corrected chi connectivity index (χ1v) is 12.1. The van der Waals surface area contributed by atoms with Crippen LogP contribution in [0.5, 0.6) is 11.5 Å². The van der Waals surface area contributed by atoms with E-state index in [0.717, 1.165) is 24.0 Å². The Morgan fingerprint density at radius 2 is 1.91 bits per heavy atom. The minimum absolute atomic E-state index is 0.0742. The van der Waals surface area contributed by atoms with E-state index in [9.17, 15) is 13.2 Å². The van der Waals surface area contributed by atoms with E-state index in [1.165, 1.54) is 12.1 Å². The van der Waals surface area contributed by atoms with Crippen molar-refractivity contribution in [3.8, 4) is 11.5 Å². The molecule has 2 aromatic carbocycles. The third kappa shape index (κ3) is 4.74. The predicted molar refractivity (Wildman–Crippen MR) is 119 cm³/mol. The summed E-state index contributed by atoms with van der Waals surface area (Å²) < 4.78 is 44.3. The Bertz CT molecular complexity index is 1100. The van der Waals surface area contributed by atoms with Crippen LogP contribution >= 0.6 is 0 Å². The minimum Gasteiger partial charge on any atom is -0.493 e. The molecule has 0 radical (unpaired) electrons. The lowest BCUT2D eigenvalue weighted by Crippen LogP contribution is -2.36. The van der Waals surface area contributed by atoms with Crippen LogP contribution in [0.25, 0.3) is 0 Å². The summed E-state index contributed by atoms with van der Waals surface area (Å²) in [6.07, 6.45) is 2.36.